The molecule has 1 aromatic heterocycles. The molecule has 0 radical (unpaired) electrons. The molecule has 0 spiro atoms. The van der Waals surface area contributed by atoms with Gasteiger partial charge in [0.2, 0.25) is 0 Å². The number of hydrogen-bond donors (Lipinski definition) is 0. The lowest BCUT2D eigenvalue weighted by Crippen LogP contribution is -2.40. The smallest absolute Gasteiger partial charge is 0.338 e. The van der Waals surface area contributed by atoms with Crippen LogP contribution in [0.15, 0.2) is 87.8 Å². The van der Waals surface area contributed by atoms with Crippen LogP contribution < -0.4 is 24.4 Å². The minimum Gasteiger partial charge on any atom is -0.493 e. The lowest BCUT2D eigenvalue weighted by molar-refractivity contribution is -0.136. The number of fused-ring (bicyclic) bond motifs is 1. The summed E-state index contributed by atoms with van der Waals surface area (Å²) < 4.78 is 25.0. The molecule has 5 rings (SSSR count). The standard InChI is InChI=1S/C34H31IN2O7S/c1-5-25-28(33(40)42-4)29(21-10-8-7-9-11-21)37-31(38)27(45-34(37)36-25)17-23-16-24(35)18-26(41-3)30(23)44-19-20-12-14-22(15-13-20)32(39)43-6-2/h7-18,29H,5-6,19H2,1-4H3/b27-17+/t29-/m0/s1. The third kappa shape index (κ3) is 6.74. The normalized spacial score (nSPS) is 14.4. The quantitative estimate of drug-likeness (QED) is 0.164. The zero-order chi connectivity index (χ0) is 32.1. The number of aromatic nitrogens is 1. The summed E-state index contributed by atoms with van der Waals surface area (Å²) in [7, 11) is 2.89. The average Bonchev–Trinajstić information content (AvgIpc) is 3.37. The van der Waals surface area contributed by atoms with Crippen LogP contribution in [0, 0.1) is 3.57 Å². The highest BCUT2D eigenvalue weighted by Gasteiger charge is 2.33. The van der Waals surface area contributed by atoms with Gasteiger partial charge < -0.3 is 18.9 Å². The van der Waals surface area contributed by atoms with Crippen LogP contribution in [-0.2, 0) is 20.9 Å². The minimum absolute atomic E-state index is 0.193. The molecule has 0 bridgehead atoms. The highest BCUT2D eigenvalue weighted by atomic mass is 127. The zero-order valence-corrected chi connectivity index (χ0v) is 28.1. The first kappa shape index (κ1) is 32.2. The molecule has 0 saturated carbocycles. The maximum absolute atomic E-state index is 14.1. The SMILES string of the molecule is CCOC(=O)c1ccc(COc2c(/C=c3/sc4n(c3=O)[C@@H](c3ccccc3)C(C(=O)OC)=C(CC)N=4)cc(I)cc2OC)cc1. The van der Waals surface area contributed by atoms with Gasteiger partial charge in [0.25, 0.3) is 5.56 Å². The van der Waals surface area contributed by atoms with Crippen LogP contribution >= 0.6 is 33.9 Å². The number of hydrogen-bond acceptors (Lipinski definition) is 9. The van der Waals surface area contributed by atoms with Gasteiger partial charge in [0.15, 0.2) is 16.3 Å². The molecule has 0 N–H and O–H groups in total. The second-order valence-corrected chi connectivity index (χ2v) is 12.2. The van der Waals surface area contributed by atoms with E-state index in [1.165, 1.54) is 18.4 Å². The van der Waals surface area contributed by atoms with E-state index >= 15 is 0 Å². The van der Waals surface area contributed by atoms with Gasteiger partial charge in [-0.05, 0) is 77.4 Å². The molecule has 0 amide bonds. The molecule has 0 unspecified atom stereocenters. The maximum atomic E-state index is 14.1. The maximum Gasteiger partial charge on any atom is 0.338 e. The molecule has 1 aliphatic heterocycles. The van der Waals surface area contributed by atoms with E-state index in [1.54, 1.807) is 48.9 Å². The van der Waals surface area contributed by atoms with E-state index in [-0.39, 0.29) is 18.1 Å². The number of carbonyl (C=O) groups excluding carboxylic acids is 2. The second kappa shape index (κ2) is 14.2. The van der Waals surface area contributed by atoms with Crippen LogP contribution in [0.4, 0.5) is 0 Å². The number of nitrogens with zero attached hydrogens (tertiary/aromatic N) is 2. The Morgan fingerprint density at radius 3 is 2.40 bits per heavy atom. The van der Waals surface area contributed by atoms with E-state index in [0.29, 0.717) is 56.3 Å². The highest BCUT2D eigenvalue weighted by Crippen LogP contribution is 2.35. The monoisotopic (exact) mass is 738 g/mol. The molecule has 1 aliphatic rings. The molecule has 3 aromatic carbocycles. The molecule has 0 aliphatic carbocycles. The number of carbonyl (C=O) groups is 2. The molecule has 9 nitrogen and oxygen atoms in total. The number of rotatable bonds is 10. The zero-order valence-electron chi connectivity index (χ0n) is 25.2. The Kier molecular flexibility index (Phi) is 10.2. The van der Waals surface area contributed by atoms with Gasteiger partial charge in [0, 0.05) is 9.13 Å². The van der Waals surface area contributed by atoms with Crippen LogP contribution in [0.3, 0.4) is 0 Å². The number of esters is 2. The molecule has 0 saturated heterocycles. The molecular formula is C34H31IN2O7S. The van der Waals surface area contributed by atoms with Crippen molar-refractivity contribution in [3.8, 4) is 11.5 Å². The first-order valence-electron chi connectivity index (χ1n) is 14.2. The second-order valence-electron chi connectivity index (χ2n) is 9.93. The van der Waals surface area contributed by atoms with Gasteiger partial charge in [-0.1, -0.05) is 60.7 Å². The van der Waals surface area contributed by atoms with Crippen LogP contribution in [0.5, 0.6) is 11.5 Å². The fraction of sp³-hybridized carbons (Fsp3) is 0.235. The van der Waals surface area contributed by atoms with Crippen molar-refractivity contribution in [1.29, 1.82) is 0 Å². The van der Waals surface area contributed by atoms with Gasteiger partial charge in [-0.3, -0.25) is 9.36 Å². The van der Waals surface area contributed by atoms with E-state index in [2.05, 4.69) is 22.6 Å². The minimum atomic E-state index is -0.689. The average molecular weight is 739 g/mol. The first-order valence-corrected chi connectivity index (χ1v) is 16.1. The van der Waals surface area contributed by atoms with Gasteiger partial charge in [-0.25, -0.2) is 14.6 Å². The van der Waals surface area contributed by atoms with Gasteiger partial charge >= 0.3 is 11.9 Å². The van der Waals surface area contributed by atoms with Gasteiger partial charge in [0.05, 0.1) is 48.2 Å². The lowest BCUT2D eigenvalue weighted by atomic mass is 9.95. The van der Waals surface area contributed by atoms with Crippen LogP contribution in [-0.4, -0.2) is 37.3 Å². The number of thiazole rings is 1. The number of halogens is 1. The number of ether oxygens (including phenoxy) is 4. The van der Waals surface area contributed by atoms with Gasteiger partial charge in [-0.2, -0.15) is 0 Å². The van der Waals surface area contributed by atoms with E-state index in [4.69, 9.17) is 23.9 Å². The number of benzene rings is 3. The van der Waals surface area contributed by atoms with Crippen molar-refractivity contribution in [3.05, 3.63) is 124 Å². The largest absolute Gasteiger partial charge is 0.493 e. The summed E-state index contributed by atoms with van der Waals surface area (Å²) in [6, 6.07) is 19.5. The molecule has 4 aromatic rings. The van der Waals surface area contributed by atoms with Crippen molar-refractivity contribution in [2.45, 2.75) is 32.9 Å². The summed E-state index contributed by atoms with van der Waals surface area (Å²) in [5.41, 5.74) is 3.35. The molecule has 11 heteroatoms. The van der Waals surface area contributed by atoms with E-state index < -0.39 is 12.0 Å². The topological polar surface area (TPSA) is 105 Å². The Morgan fingerprint density at radius 1 is 1.02 bits per heavy atom. The molecule has 0 fully saturated rings. The molecule has 45 heavy (non-hydrogen) atoms. The van der Waals surface area contributed by atoms with Crippen molar-refractivity contribution in [2.24, 2.45) is 4.99 Å². The molecule has 2 heterocycles. The Bertz CT molecular complexity index is 1950. The fourth-order valence-electron chi connectivity index (χ4n) is 5.07. The molecule has 1 atom stereocenters. The van der Waals surface area contributed by atoms with Crippen LogP contribution in [0.2, 0.25) is 0 Å². The molecular weight excluding hydrogens is 707 g/mol. The Hall–Kier alpha value is -4.23. The summed E-state index contributed by atoms with van der Waals surface area (Å²) in [6.07, 6.45) is 2.26. The Labute approximate surface area is 277 Å². The van der Waals surface area contributed by atoms with E-state index in [0.717, 1.165) is 14.7 Å². The van der Waals surface area contributed by atoms with E-state index in [9.17, 15) is 14.4 Å². The Morgan fingerprint density at radius 2 is 1.76 bits per heavy atom. The summed E-state index contributed by atoms with van der Waals surface area (Å²) >= 11 is 3.44. The van der Waals surface area contributed by atoms with Crippen molar-refractivity contribution in [2.75, 3.05) is 20.8 Å². The molecule has 232 valence electrons. The van der Waals surface area contributed by atoms with Crippen molar-refractivity contribution in [3.63, 3.8) is 0 Å². The van der Waals surface area contributed by atoms with E-state index in [1.807, 2.05) is 49.4 Å². The first-order chi connectivity index (χ1) is 21.8. The van der Waals surface area contributed by atoms with Crippen molar-refractivity contribution >= 4 is 51.9 Å². The predicted molar refractivity (Wildman–Crippen MR) is 179 cm³/mol. The lowest BCUT2D eigenvalue weighted by Gasteiger charge is -2.25. The number of methoxy groups -OCH3 is 2. The summed E-state index contributed by atoms with van der Waals surface area (Å²) in [4.78, 5) is 44.4. The summed E-state index contributed by atoms with van der Waals surface area (Å²) in [5.74, 6) is 0.0640. The van der Waals surface area contributed by atoms with Crippen molar-refractivity contribution < 1.29 is 28.5 Å². The summed E-state index contributed by atoms with van der Waals surface area (Å²) in [6.45, 7) is 4.18. The summed E-state index contributed by atoms with van der Waals surface area (Å²) in [5, 5.41) is 0. The fourth-order valence-corrected chi connectivity index (χ4v) is 6.69. The predicted octanol–water partition coefficient (Wildman–Crippen LogP) is 5.17. The van der Waals surface area contributed by atoms with Crippen molar-refractivity contribution in [1.82, 2.24) is 4.57 Å². The Balaban J connectivity index is 1.59. The third-order valence-corrected chi connectivity index (χ3v) is 8.77. The number of allylic oxidation sites excluding steroid dienone is 1. The highest BCUT2D eigenvalue weighted by molar-refractivity contribution is 14.1. The van der Waals surface area contributed by atoms with Crippen LogP contribution in [0.25, 0.3) is 6.08 Å². The van der Waals surface area contributed by atoms with Gasteiger partial charge in [-0.15, -0.1) is 0 Å². The third-order valence-electron chi connectivity index (χ3n) is 7.17. The van der Waals surface area contributed by atoms with Gasteiger partial charge in [0.1, 0.15) is 6.61 Å². The van der Waals surface area contributed by atoms with Crippen LogP contribution in [0.1, 0.15) is 53.4 Å².